The van der Waals surface area contributed by atoms with Crippen molar-refractivity contribution in [3.63, 3.8) is 0 Å². The Labute approximate surface area is 162 Å². The molecule has 6 heteroatoms. The Morgan fingerprint density at radius 1 is 1.22 bits per heavy atom. The lowest BCUT2D eigenvalue weighted by atomic mass is 9.87. The highest BCUT2D eigenvalue weighted by molar-refractivity contribution is 7.98. The highest BCUT2D eigenvalue weighted by Gasteiger charge is 2.23. The number of rotatable bonds is 5. The molecule has 138 valence electrons. The maximum Gasteiger partial charge on any atom is 0.252 e. The van der Waals surface area contributed by atoms with E-state index in [0.29, 0.717) is 23.0 Å². The van der Waals surface area contributed by atoms with E-state index in [-0.39, 0.29) is 11.9 Å². The number of hydrogen-bond donors (Lipinski definition) is 1. The van der Waals surface area contributed by atoms with Crippen LogP contribution < -0.4 is 5.32 Å². The van der Waals surface area contributed by atoms with Crippen molar-refractivity contribution < 1.29 is 9.32 Å². The van der Waals surface area contributed by atoms with Gasteiger partial charge >= 0.3 is 0 Å². The van der Waals surface area contributed by atoms with Gasteiger partial charge in [0.1, 0.15) is 0 Å². The molecule has 0 bridgehead atoms. The van der Waals surface area contributed by atoms with Gasteiger partial charge in [-0.1, -0.05) is 41.6 Å². The van der Waals surface area contributed by atoms with Crippen LogP contribution in [0.5, 0.6) is 0 Å². The van der Waals surface area contributed by atoms with E-state index in [2.05, 4.69) is 33.7 Å². The van der Waals surface area contributed by atoms with Crippen LogP contribution in [0.1, 0.15) is 52.1 Å². The molecule has 27 heavy (non-hydrogen) atoms. The second-order valence-corrected chi connectivity index (χ2v) is 7.65. The van der Waals surface area contributed by atoms with Gasteiger partial charge in [0, 0.05) is 11.8 Å². The molecule has 2 aromatic carbocycles. The van der Waals surface area contributed by atoms with Gasteiger partial charge in [-0.15, -0.1) is 11.8 Å². The minimum absolute atomic E-state index is 0.0379. The zero-order chi connectivity index (χ0) is 18.6. The lowest BCUT2D eigenvalue weighted by molar-refractivity contribution is 0.0930. The molecule has 1 aliphatic carbocycles. The van der Waals surface area contributed by atoms with Crippen LogP contribution in [-0.2, 0) is 12.2 Å². The summed E-state index contributed by atoms with van der Waals surface area (Å²) in [6.45, 7) is 1.77. The van der Waals surface area contributed by atoms with E-state index in [4.69, 9.17) is 4.52 Å². The normalized spacial score (nSPS) is 16.0. The predicted octanol–water partition coefficient (Wildman–Crippen LogP) is 4.48. The first-order valence-corrected chi connectivity index (χ1v) is 10.1. The number of carbonyl (C=O) groups is 1. The Morgan fingerprint density at radius 2 is 2.04 bits per heavy atom. The molecule has 1 atom stereocenters. The van der Waals surface area contributed by atoms with Gasteiger partial charge in [0.15, 0.2) is 5.82 Å². The molecule has 1 heterocycles. The van der Waals surface area contributed by atoms with Gasteiger partial charge in [0.05, 0.1) is 17.4 Å². The van der Waals surface area contributed by atoms with Crippen LogP contribution in [-0.4, -0.2) is 16.0 Å². The van der Waals surface area contributed by atoms with Gasteiger partial charge in [0.25, 0.3) is 5.91 Å². The first-order valence-electron chi connectivity index (χ1n) is 9.10. The van der Waals surface area contributed by atoms with Crippen molar-refractivity contribution in [3.05, 3.63) is 76.9 Å². The summed E-state index contributed by atoms with van der Waals surface area (Å²) in [4.78, 5) is 18.1. The smallest absolute Gasteiger partial charge is 0.252 e. The summed E-state index contributed by atoms with van der Waals surface area (Å²) in [5.74, 6) is 1.71. The fourth-order valence-electron chi connectivity index (χ4n) is 3.46. The Hall–Kier alpha value is -2.60. The first-order chi connectivity index (χ1) is 13.2. The van der Waals surface area contributed by atoms with Gasteiger partial charge in [-0.25, -0.2) is 0 Å². The van der Waals surface area contributed by atoms with Crippen molar-refractivity contribution in [2.45, 2.75) is 42.9 Å². The van der Waals surface area contributed by atoms with E-state index >= 15 is 0 Å². The van der Waals surface area contributed by atoms with E-state index in [1.807, 2.05) is 30.3 Å². The largest absolute Gasteiger partial charge is 0.345 e. The average Bonchev–Trinajstić information content (AvgIpc) is 3.12. The summed E-state index contributed by atoms with van der Waals surface area (Å²) in [5.41, 5.74) is 3.26. The number of benzene rings is 2. The monoisotopic (exact) mass is 379 g/mol. The predicted molar refractivity (Wildman–Crippen MR) is 105 cm³/mol. The summed E-state index contributed by atoms with van der Waals surface area (Å²) in [6.07, 6.45) is 3.15. The van der Waals surface area contributed by atoms with Crippen LogP contribution in [0, 0.1) is 6.92 Å². The van der Waals surface area contributed by atoms with Crippen molar-refractivity contribution >= 4 is 17.7 Å². The molecule has 0 fully saturated rings. The van der Waals surface area contributed by atoms with E-state index in [0.717, 1.165) is 24.2 Å². The summed E-state index contributed by atoms with van der Waals surface area (Å²) in [7, 11) is 0. The fourth-order valence-corrected chi connectivity index (χ4v) is 4.36. The van der Waals surface area contributed by atoms with E-state index in [1.54, 1.807) is 18.7 Å². The third kappa shape index (κ3) is 4.06. The molecule has 1 aliphatic rings. The highest BCUT2D eigenvalue weighted by Crippen LogP contribution is 2.31. The zero-order valence-corrected chi connectivity index (χ0v) is 16.0. The number of nitrogens with zero attached hydrogens (tertiary/aromatic N) is 2. The molecule has 1 N–H and O–H groups in total. The zero-order valence-electron chi connectivity index (χ0n) is 15.1. The van der Waals surface area contributed by atoms with Crippen molar-refractivity contribution in [1.29, 1.82) is 0 Å². The van der Waals surface area contributed by atoms with Crippen molar-refractivity contribution in [2.24, 2.45) is 0 Å². The summed E-state index contributed by atoms with van der Waals surface area (Å²) < 4.78 is 5.01. The third-order valence-corrected chi connectivity index (χ3v) is 5.80. The molecule has 0 saturated heterocycles. The number of aromatic nitrogens is 2. The van der Waals surface area contributed by atoms with Crippen molar-refractivity contribution in [2.75, 3.05) is 0 Å². The molecule has 0 saturated carbocycles. The lowest BCUT2D eigenvalue weighted by Gasteiger charge is -2.26. The van der Waals surface area contributed by atoms with Crippen molar-refractivity contribution in [3.8, 4) is 0 Å². The van der Waals surface area contributed by atoms with Gasteiger partial charge in [-0.2, -0.15) is 4.98 Å². The number of fused-ring (bicyclic) bond motifs is 1. The SMILES string of the molecule is Cc1nc(CSc2ccccc2C(=O)NC2CCCc3ccccc32)no1. The maximum atomic E-state index is 13.0. The van der Waals surface area contributed by atoms with Gasteiger partial charge in [0.2, 0.25) is 5.89 Å². The molecule has 1 unspecified atom stereocenters. The average molecular weight is 379 g/mol. The molecular formula is C21H21N3O2S. The van der Waals surface area contributed by atoms with Gasteiger partial charge in [-0.05, 0) is 42.5 Å². The molecular weight excluding hydrogens is 358 g/mol. The highest BCUT2D eigenvalue weighted by atomic mass is 32.2. The van der Waals surface area contributed by atoms with Crippen molar-refractivity contribution in [1.82, 2.24) is 15.5 Å². The van der Waals surface area contributed by atoms with Crippen LogP contribution in [0.4, 0.5) is 0 Å². The van der Waals surface area contributed by atoms with Crippen LogP contribution in [0.25, 0.3) is 0 Å². The number of thioether (sulfide) groups is 1. The fraction of sp³-hybridized carbons (Fsp3) is 0.286. The molecule has 0 aliphatic heterocycles. The Balaban J connectivity index is 1.49. The molecule has 3 aromatic rings. The Morgan fingerprint density at radius 3 is 2.89 bits per heavy atom. The lowest BCUT2D eigenvalue weighted by Crippen LogP contribution is -2.31. The minimum Gasteiger partial charge on any atom is -0.345 e. The number of carbonyl (C=O) groups excluding carboxylic acids is 1. The molecule has 5 nitrogen and oxygen atoms in total. The van der Waals surface area contributed by atoms with Gasteiger partial charge in [-0.3, -0.25) is 4.79 Å². The second-order valence-electron chi connectivity index (χ2n) is 6.63. The van der Waals surface area contributed by atoms with Crippen LogP contribution >= 0.6 is 11.8 Å². The summed E-state index contributed by atoms with van der Waals surface area (Å²) in [5, 5.41) is 7.15. The molecule has 0 spiro atoms. The summed E-state index contributed by atoms with van der Waals surface area (Å²) in [6, 6.07) is 16.1. The number of hydrogen-bond acceptors (Lipinski definition) is 5. The van der Waals surface area contributed by atoms with Gasteiger partial charge < -0.3 is 9.84 Å². The second kappa shape index (κ2) is 7.96. The quantitative estimate of drug-likeness (QED) is 0.662. The van der Waals surface area contributed by atoms with Crippen LogP contribution in [0.2, 0.25) is 0 Å². The summed E-state index contributed by atoms with van der Waals surface area (Å²) >= 11 is 1.54. The minimum atomic E-state index is -0.0379. The molecule has 1 amide bonds. The molecule has 4 rings (SSSR count). The Bertz CT molecular complexity index is 954. The number of aryl methyl sites for hydroxylation is 2. The topological polar surface area (TPSA) is 68.0 Å². The van der Waals surface area contributed by atoms with Crippen LogP contribution in [0.3, 0.4) is 0 Å². The van der Waals surface area contributed by atoms with Crippen LogP contribution in [0.15, 0.2) is 57.9 Å². The number of amides is 1. The Kier molecular flexibility index (Phi) is 5.25. The third-order valence-electron chi connectivity index (χ3n) is 4.73. The maximum absolute atomic E-state index is 13.0. The first kappa shape index (κ1) is 17.8. The molecule has 0 radical (unpaired) electrons. The number of nitrogens with one attached hydrogen (secondary N) is 1. The van der Waals surface area contributed by atoms with E-state index < -0.39 is 0 Å². The van der Waals surface area contributed by atoms with E-state index in [1.165, 1.54) is 11.1 Å². The molecule has 1 aromatic heterocycles. The standard InChI is InChI=1S/C21H21N3O2S/c1-14-22-20(24-26-14)13-27-19-12-5-4-10-17(19)21(25)23-18-11-6-8-15-7-2-3-9-16(15)18/h2-5,7,9-10,12,18H,6,8,11,13H2,1H3,(H,23,25). The van der Waals surface area contributed by atoms with E-state index in [9.17, 15) is 4.79 Å².